The summed E-state index contributed by atoms with van der Waals surface area (Å²) in [4.78, 5) is 0. The van der Waals surface area contributed by atoms with Crippen LogP contribution < -0.4 is 11.1 Å². The van der Waals surface area contributed by atoms with Crippen LogP contribution in [-0.4, -0.2) is 52.8 Å². The van der Waals surface area contributed by atoms with Crippen molar-refractivity contribution in [1.29, 1.82) is 0 Å². The molecule has 0 radical (unpaired) electrons. The van der Waals surface area contributed by atoms with Crippen molar-refractivity contribution in [2.45, 2.75) is 36.8 Å². The third-order valence-electron chi connectivity index (χ3n) is 2.42. The Morgan fingerprint density at radius 2 is 1.83 bits per heavy atom. The maximum Gasteiger partial charge on any atom is 0.0992 e. The Morgan fingerprint density at radius 3 is 2.33 bits per heavy atom. The first kappa shape index (κ1) is 9.88. The van der Waals surface area contributed by atoms with Crippen molar-refractivity contribution in [3.63, 3.8) is 0 Å². The molecular weight excluding hydrogens is 160 g/mol. The van der Waals surface area contributed by atoms with Crippen molar-refractivity contribution >= 4 is 0 Å². The molecule has 1 fully saturated rings. The summed E-state index contributed by atoms with van der Waals surface area (Å²) in [6.45, 7) is 0. The van der Waals surface area contributed by atoms with E-state index in [1.165, 1.54) is 0 Å². The number of aliphatic hydroxyl groups excluding tert-OH is 3. The Hall–Kier alpha value is -0.200. The van der Waals surface area contributed by atoms with Gasteiger partial charge in [-0.05, 0) is 13.5 Å². The lowest BCUT2D eigenvalue weighted by Crippen LogP contribution is -2.62. The maximum atomic E-state index is 9.43. The molecule has 0 aliphatic heterocycles. The van der Waals surface area contributed by atoms with Gasteiger partial charge < -0.3 is 26.4 Å². The topological polar surface area (TPSA) is 98.7 Å². The minimum atomic E-state index is -0.992. The van der Waals surface area contributed by atoms with E-state index in [4.69, 9.17) is 5.73 Å². The lowest BCUT2D eigenvalue weighted by Gasteiger charge is -2.39. The Labute approximate surface area is 71.2 Å². The predicted octanol–water partition coefficient (Wildman–Crippen LogP) is -2.61. The summed E-state index contributed by atoms with van der Waals surface area (Å²) in [5.74, 6) is 0. The van der Waals surface area contributed by atoms with Crippen molar-refractivity contribution < 1.29 is 15.3 Å². The van der Waals surface area contributed by atoms with Crippen LogP contribution in [0.4, 0.5) is 0 Å². The highest BCUT2D eigenvalue weighted by Crippen LogP contribution is 2.18. The van der Waals surface area contributed by atoms with Crippen LogP contribution in [0.5, 0.6) is 0 Å². The van der Waals surface area contributed by atoms with E-state index in [-0.39, 0.29) is 0 Å². The average molecular weight is 176 g/mol. The third kappa shape index (κ3) is 1.60. The van der Waals surface area contributed by atoms with Crippen molar-refractivity contribution in [1.82, 2.24) is 5.32 Å². The van der Waals surface area contributed by atoms with Crippen LogP contribution >= 0.6 is 0 Å². The lowest BCUT2D eigenvalue weighted by molar-refractivity contribution is -0.0828. The molecule has 5 heteroatoms. The second-order valence-corrected chi connectivity index (χ2v) is 3.26. The molecule has 5 nitrogen and oxygen atoms in total. The van der Waals surface area contributed by atoms with Crippen LogP contribution in [0, 0.1) is 0 Å². The van der Waals surface area contributed by atoms with E-state index in [0.29, 0.717) is 6.42 Å². The molecule has 0 aromatic heterocycles. The van der Waals surface area contributed by atoms with Crippen LogP contribution in [0.15, 0.2) is 0 Å². The Balaban J connectivity index is 2.65. The summed E-state index contributed by atoms with van der Waals surface area (Å²) in [5.41, 5.74) is 5.48. The number of aliphatic hydroxyl groups is 3. The number of likely N-dealkylation sites (N-methyl/N-ethyl adjacent to an activating group) is 1. The van der Waals surface area contributed by atoms with E-state index in [9.17, 15) is 15.3 Å². The average Bonchev–Trinajstić information content (AvgIpc) is 2.01. The highest BCUT2D eigenvalue weighted by molar-refractivity contribution is 4.97. The SMILES string of the molecule is CN[C@H]1[C@@H](O)[C@H](O)[C@@H](N)C[C@@H]1O. The normalized spacial score (nSPS) is 49.2. The summed E-state index contributed by atoms with van der Waals surface area (Å²) < 4.78 is 0. The van der Waals surface area contributed by atoms with Crippen LogP contribution in [-0.2, 0) is 0 Å². The van der Waals surface area contributed by atoms with Crippen LogP contribution in [0.2, 0.25) is 0 Å². The van der Waals surface area contributed by atoms with E-state index in [1.54, 1.807) is 7.05 Å². The molecule has 0 heterocycles. The van der Waals surface area contributed by atoms with Gasteiger partial charge in [0.1, 0.15) is 0 Å². The fourth-order valence-electron chi connectivity index (χ4n) is 1.62. The highest BCUT2D eigenvalue weighted by Gasteiger charge is 2.40. The molecule has 0 aromatic carbocycles. The predicted molar refractivity (Wildman–Crippen MR) is 43.5 cm³/mol. The van der Waals surface area contributed by atoms with E-state index < -0.39 is 30.4 Å². The van der Waals surface area contributed by atoms with E-state index >= 15 is 0 Å². The van der Waals surface area contributed by atoms with Gasteiger partial charge in [-0.2, -0.15) is 0 Å². The Morgan fingerprint density at radius 1 is 1.25 bits per heavy atom. The number of rotatable bonds is 1. The molecule has 1 aliphatic carbocycles. The molecule has 0 bridgehead atoms. The number of nitrogens with two attached hydrogens (primary N) is 1. The second kappa shape index (κ2) is 3.68. The van der Waals surface area contributed by atoms with Gasteiger partial charge in [0.05, 0.1) is 24.4 Å². The van der Waals surface area contributed by atoms with Gasteiger partial charge in [-0.25, -0.2) is 0 Å². The fraction of sp³-hybridized carbons (Fsp3) is 1.00. The van der Waals surface area contributed by atoms with E-state index in [2.05, 4.69) is 5.32 Å². The molecule has 1 aliphatic rings. The van der Waals surface area contributed by atoms with Crippen molar-refractivity contribution in [2.24, 2.45) is 5.73 Å². The van der Waals surface area contributed by atoms with Gasteiger partial charge in [-0.1, -0.05) is 0 Å². The molecule has 0 amide bonds. The van der Waals surface area contributed by atoms with Gasteiger partial charge in [0.2, 0.25) is 0 Å². The summed E-state index contributed by atoms with van der Waals surface area (Å²) in [7, 11) is 1.63. The molecule has 0 spiro atoms. The van der Waals surface area contributed by atoms with Crippen LogP contribution in [0.3, 0.4) is 0 Å². The molecule has 0 aromatic rings. The van der Waals surface area contributed by atoms with Crippen molar-refractivity contribution in [3.05, 3.63) is 0 Å². The van der Waals surface area contributed by atoms with Crippen LogP contribution in [0.1, 0.15) is 6.42 Å². The first-order valence-corrected chi connectivity index (χ1v) is 4.05. The quantitative estimate of drug-likeness (QED) is 0.301. The second-order valence-electron chi connectivity index (χ2n) is 3.26. The Kier molecular flexibility index (Phi) is 3.03. The molecular formula is C7H16N2O3. The molecule has 6 N–H and O–H groups in total. The lowest BCUT2D eigenvalue weighted by atomic mass is 9.84. The van der Waals surface area contributed by atoms with Crippen molar-refractivity contribution in [3.8, 4) is 0 Å². The molecule has 1 saturated carbocycles. The van der Waals surface area contributed by atoms with Crippen LogP contribution in [0.25, 0.3) is 0 Å². The summed E-state index contributed by atoms with van der Waals surface area (Å²) in [6.07, 6.45) is -2.33. The first-order valence-electron chi connectivity index (χ1n) is 4.05. The zero-order valence-corrected chi connectivity index (χ0v) is 7.01. The fourth-order valence-corrected chi connectivity index (χ4v) is 1.62. The van der Waals surface area contributed by atoms with Gasteiger partial charge in [0.25, 0.3) is 0 Å². The molecule has 0 saturated heterocycles. The monoisotopic (exact) mass is 176 g/mol. The standard InChI is InChI=1S/C7H16N2O3/c1-9-5-4(10)2-3(8)6(11)7(5)12/h3-7,9-12H,2,8H2,1H3/t3-,4-,5+,6+,7+/m0/s1. The summed E-state index contributed by atoms with van der Waals surface area (Å²) >= 11 is 0. The molecule has 0 unspecified atom stereocenters. The first-order chi connectivity index (χ1) is 5.57. The van der Waals surface area contributed by atoms with Gasteiger partial charge in [0, 0.05) is 6.04 Å². The van der Waals surface area contributed by atoms with E-state index in [0.717, 1.165) is 0 Å². The molecule has 12 heavy (non-hydrogen) atoms. The van der Waals surface area contributed by atoms with Gasteiger partial charge >= 0.3 is 0 Å². The zero-order chi connectivity index (χ0) is 9.30. The molecule has 5 atom stereocenters. The minimum absolute atomic E-state index is 0.309. The van der Waals surface area contributed by atoms with Gasteiger partial charge in [-0.3, -0.25) is 0 Å². The summed E-state index contributed by atoms with van der Waals surface area (Å²) in [6, 6.07) is -1.03. The van der Waals surface area contributed by atoms with Gasteiger partial charge in [0.15, 0.2) is 0 Å². The highest BCUT2D eigenvalue weighted by atomic mass is 16.3. The number of nitrogens with one attached hydrogen (secondary N) is 1. The number of hydrogen-bond acceptors (Lipinski definition) is 5. The largest absolute Gasteiger partial charge is 0.391 e. The maximum absolute atomic E-state index is 9.43. The molecule has 1 rings (SSSR count). The number of hydrogen-bond donors (Lipinski definition) is 5. The van der Waals surface area contributed by atoms with Gasteiger partial charge in [-0.15, -0.1) is 0 Å². The zero-order valence-electron chi connectivity index (χ0n) is 7.01. The smallest absolute Gasteiger partial charge is 0.0992 e. The Bertz CT molecular complexity index is 156. The van der Waals surface area contributed by atoms with Crippen molar-refractivity contribution in [2.75, 3.05) is 7.05 Å². The van der Waals surface area contributed by atoms with E-state index in [1.807, 2.05) is 0 Å². The molecule has 72 valence electrons. The minimum Gasteiger partial charge on any atom is -0.391 e. The third-order valence-corrected chi connectivity index (χ3v) is 2.42. The summed E-state index contributed by atoms with van der Waals surface area (Å²) in [5, 5.41) is 30.9.